The first-order valence-corrected chi connectivity index (χ1v) is 8.72. The van der Waals surface area contributed by atoms with Gasteiger partial charge in [0.1, 0.15) is 6.10 Å². The summed E-state index contributed by atoms with van der Waals surface area (Å²) in [7, 11) is 4.75. The summed E-state index contributed by atoms with van der Waals surface area (Å²) in [6, 6.07) is 9.14. The van der Waals surface area contributed by atoms with Crippen molar-refractivity contribution in [2.45, 2.75) is 6.10 Å². The van der Waals surface area contributed by atoms with Crippen LogP contribution >= 0.6 is 22.9 Å². The highest BCUT2D eigenvalue weighted by atomic mass is 35.5. The smallest absolute Gasteiger partial charge is 0.244 e. The Morgan fingerprint density at radius 2 is 1.96 bits per heavy atom. The number of ether oxygens (including phenoxy) is 3. The maximum atomic E-state index is 12.0. The summed E-state index contributed by atoms with van der Waals surface area (Å²) < 4.78 is 16.5. The highest BCUT2D eigenvalue weighted by molar-refractivity contribution is 7.16. The van der Waals surface area contributed by atoms with Crippen LogP contribution in [-0.4, -0.2) is 33.8 Å². The van der Waals surface area contributed by atoms with Gasteiger partial charge in [-0.1, -0.05) is 17.7 Å². The van der Waals surface area contributed by atoms with E-state index in [1.54, 1.807) is 39.5 Å². The summed E-state index contributed by atoms with van der Waals surface area (Å²) in [5.41, 5.74) is 0.834. The molecule has 25 heavy (non-hydrogen) atoms. The van der Waals surface area contributed by atoms with Crippen molar-refractivity contribution in [2.24, 2.45) is 0 Å². The van der Waals surface area contributed by atoms with Gasteiger partial charge in [0.25, 0.3) is 0 Å². The van der Waals surface area contributed by atoms with Crippen molar-refractivity contribution >= 4 is 34.9 Å². The van der Waals surface area contributed by atoms with Gasteiger partial charge >= 0.3 is 0 Å². The van der Waals surface area contributed by atoms with Crippen LogP contribution in [0.15, 0.2) is 36.4 Å². The normalized spacial score (nSPS) is 12.2. The molecule has 0 aliphatic heterocycles. The summed E-state index contributed by atoms with van der Waals surface area (Å²) in [4.78, 5) is 13.0. The number of amides is 1. The van der Waals surface area contributed by atoms with Gasteiger partial charge < -0.3 is 19.5 Å². The van der Waals surface area contributed by atoms with Crippen LogP contribution < -0.4 is 14.8 Å². The van der Waals surface area contributed by atoms with Crippen molar-refractivity contribution in [1.29, 1.82) is 0 Å². The Hall–Kier alpha value is -2.02. The van der Waals surface area contributed by atoms with Gasteiger partial charge in [-0.2, -0.15) is 0 Å². The van der Waals surface area contributed by atoms with Crippen molar-refractivity contribution in [1.82, 2.24) is 5.32 Å². The molecule has 0 bridgehead atoms. The number of halogens is 1. The molecule has 0 fully saturated rings. The van der Waals surface area contributed by atoms with E-state index in [9.17, 15) is 4.79 Å². The molecular formula is C18H20ClNO4S. The lowest BCUT2D eigenvalue weighted by Crippen LogP contribution is -2.27. The lowest BCUT2D eigenvalue weighted by molar-refractivity contribution is -0.117. The largest absolute Gasteiger partial charge is 0.493 e. The van der Waals surface area contributed by atoms with E-state index in [0.717, 1.165) is 10.4 Å². The van der Waals surface area contributed by atoms with E-state index in [1.807, 2.05) is 18.2 Å². The molecule has 0 aliphatic carbocycles. The Morgan fingerprint density at radius 3 is 2.56 bits per heavy atom. The molecule has 1 aromatic heterocycles. The molecule has 2 rings (SSSR count). The highest BCUT2D eigenvalue weighted by Gasteiger charge is 2.13. The number of nitrogens with one attached hydrogen (secondary N) is 1. The maximum Gasteiger partial charge on any atom is 0.244 e. The molecule has 0 radical (unpaired) electrons. The number of carbonyl (C=O) groups excluding carboxylic acids is 1. The van der Waals surface area contributed by atoms with Crippen molar-refractivity contribution in [2.75, 3.05) is 27.9 Å². The molecule has 1 unspecified atom stereocenters. The Balaban J connectivity index is 1.94. The zero-order valence-electron chi connectivity index (χ0n) is 14.2. The fraction of sp³-hybridized carbons (Fsp3) is 0.278. The van der Waals surface area contributed by atoms with Crippen LogP contribution in [0.4, 0.5) is 0 Å². The van der Waals surface area contributed by atoms with Gasteiger partial charge in [-0.3, -0.25) is 4.79 Å². The van der Waals surface area contributed by atoms with Gasteiger partial charge in [-0.25, -0.2) is 0 Å². The third-order valence-corrected chi connectivity index (χ3v) is 4.82. The molecule has 0 aliphatic rings. The zero-order valence-corrected chi connectivity index (χ0v) is 15.8. The Bertz CT molecular complexity index is 744. The summed E-state index contributed by atoms with van der Waals surface area (Å²) >= 11 is 7.37. The molecule has 1 heterocycles. The molecule has 134 valence electrons. The number of thiophene rings is 1. The average Bonchev–Trinajstić information content (AvgIpc) is 3.06. The van der Waals surface area contributed by atoms with Gasteiger partial charge in [0.2, 0.25) is 5.91 Å². The van der Waals surface area contributed by atoms with E-state index < -0.39 is 0 Å². The first kappa shape index (κ1) is 19.3. The molecular weight excluding hydrogens is 362 g/mol. The first-order chi connectivity index (χ1) is 12.1. The second-order valence-electron chi connectivity index (χ2n) is 5.06. The van der Waals surface area contributed by atoms with Crippen LogP contribution in [0.5, 0.6) is 11.5 Å². The summed E-state index contributed by atoms with van der Waals surface area (Å²) in [5.74, 6) is 1.04. The molecule has 1 atom stereocenters. The Labute approximate surface area is 156 Å². The van der Waals surface area contributed by atoms with Gasteiger partial charge in [-0.15, -0.1) is 11.3 Å². The second-order valence-corrected chi connectivity index (χ2v) is 6.81. The number of carbonyl (C=O) groups is 1. The van der Waals surface area contributed by atoms with Gasteiger partial charge in [0.05, 0.1) is 18.6 Å². The number of benzene rings is 1. The molecule has 1 amide bonds. The Morgan fingerprint density at radius 1 is 1.20 bits per heavy atom. The van der Waals surface area contributed by atoms with Crippen molar-refractivity contribution in [3.8, 4) is 11.5 Å². The van der Waals surface area contributed by atoms with E-state index in [1.165, 1.54) is 17.4 Å². The lowest BCUT2D eigenvalue weighted by Gasteiger charge is -2.13. The number of methoxy groups -OCH3 is 3. The molecule has 5 nitrogen and oxygen atoms in total. The van der Waals surface area contributed by atoms with E-state index in [4.69, 9.17) is 25.8 Å². The minimum absolute atomic E-state index is 0.209. The van der Waals surface area contributed by atoms with Crippen LogP contribution in [0.2, 0.25) is 4.34 Å². The summed E-state index contributed by atoms with van der Waals surface area (Å²) in [6.45, 7) is 0.364. The van der Waals surface area contributed by atoms with Crippen LogP contribution in [0.1, 0.15) is 16.5 Å². The van der Waals surface area contributed by atoms with Gasteiger partial charge in [0, 0.05) is 24.6 Å². The lowest BCUT2D eigenvalue weighted by atomic mass is 10.2. The van der Waals surface area contributed by atoms with Gasteiger partial charge in [-0.05, 0) is 35.9 Å². The quantitative estimate of drug-likeness (QED) is 0.704. The molecule has 0 saturated heterocycles. The zero-order chi connectivity index (χ0) is 18.2. The van der Waals surface area contributed by atoms with Crippen LogP contribution in [0.25, 0.3) is 6.08 Å². The predicted octanol–water partition coefficient (Wildman–Crippen LogP) is 3.94. The number of hydrogen-bond donors (Lipinski definition) is 1. The monoisotopic (exact) mass is 381 g/mol. The molecule has 1 N–H and O–H groups in total. The highest BCUT2D eigenvalue weighted by Crippen LogP contribution is 2.29. The number of rotatable bonds is 8. The van der Waals surface area contributed by atoms with E-state index in [0.29, 0.717) is 22.4 Å². The third-order valence-electron chi connectivity index (χ3n) is 3.49. The summed E-state index contributed by atoms with van der Waals surface area (Å²) in [6.07, 6.45) is 2.95. The molecule has 2 aromatic rings. The molecule has 0 saturated carbocycles. The molecule has 7 heteroatoms. The average molecular weight is 382 g/mol. The molecule has 0 spiro atoms. The molecule has 1 aromatic carbocycles. The first-order valence-electron chi connectivity index (χ1n) is 7.53. The standard InChI is InChI=1S/C18H20ClNO4S/c1-22-13-6-4-12(10-14(13)23-2)5-9-18(21)20-11-15(24-3)16-7-8-17(19)25-16/h4-10,15H,11H2,1-3H3,(H,20,21)/b9-5+. The summed E-state index contributed by atoms with van der Waals surface area (Å²) in [5, 5.41) is 2.82. The Kier molecular flexibility index (Phi) is 7.31. The van der Waals surface area contributed by atoms with Crippen LogP contribution in [0, 0.1) is 0 Å². The number of hydrogen-bond acceptors (Lipinski definition) is 5. The fourth-order valence-electron chi connectivity index (χ4n) is 2.18. The SMILES string of the molecule is COc1ccc(/C=C/C(=O)NCC(OC)c2ccc(Cl)s2)cc1OC. The predicted molar refractivity (Wildman–Crippen MR) is 101 cm³/mol. The fourth-order valence-corrected chi connectivity index (χ4v) is 3.32. The second kappa shape index (κ2) is 9.46. The van der Waals surface area contributed by atoms with Crippen molar-refractivity contribution in [3.63, 3.8) is 0 Å². The van der Waals surface area contributed by atoms with Crippen molar-refractivity contribution in [3.05, 3.63) is 51.2 Å². The van der Waals surface area contributed by atoms with E-state index in [2.05, 4.69) is 5.32 Å². The van der Waals surface area contributed by atoms with Crippen molar-refractivity contribution < 1.29 is 19.0 Å². The minimum atomic E-state index is -0.226. The van der Waals surface area contributed by atoms with Gasteiger partial charge in [0.15, 0.2) is 11.5 Å². The van der Waals surface area contributed by atoms with Crippen LogP contribution in [-0.2, 0) is 9.53 Å². The third kappa shape index (κ3) is 5.49. The topological polar surface area (TPSA) is 56.8 Å². The van der Waals surface area contributed by atoms with E-state index in [-0.39, 0.29) is 12.0 Å². The minimum Gasteiger partial charge on any atom is -0.493 e. The van der Waals surface area contributed by atoms with Crippen LogP contribution in [0.3, 0.4) is 0 Å². The van der Waals surface area contributed by atoms with E-state index >= 15 is 0 Å². The maximum absolute atomic E-state index is 12.0.